The van der Waals surface area contributed by atoms with E-state index in [0.717, 1.165) is 3.57 Å². The van der Waals surface area contributed by atoms with Crippen LogP contribution in [0.15, 0.2) is 30.7 Å². The van der Waals surface area contributed by atoms with E-state index in [0.29, 0.717) is 5.82 Å². The van der Waals surface area contributed by atoms with Crippen LogP contribution in [0.3, 0.4) is 0 Å². The molecule has 0 saturated carbocycles. The van der Waals surface area contributed by atoms with Crippen molar-refractivity contribution in [3.63, 3.8) is 0 Å². The van der Waals surface area contributed by atoms with Gasteiger partial charge in [-0.2, -0.15) is 5.26 Å². The van der Waals surface area contributed by atoms with E-state index in [2.05, 4.69) is 37.9 Å². The van der Waals surface area contributed by atoms with Gasteiger partial charge in [-0.1, -0.05) is 0 Å². The van der Waals surface area contributed by atoms with Gasteiger partial charge in [-0.25, -0.2) is 14.4 Å². The second-order valence-electron chi connectivity index (χ2n) is 3.15. The van der Waals surface area contributed by atoms with Gasteiger partial charge in [0.1, 0.15) is 18.0 Å². The molecule has 0 fully saturated rings. The highest BCUT2D eigenvalue weighted by molar-refractivity contribution is 14.1. The number of hydrogen-bond donors (Lipinski definition) is 1. The quantitative estimate of drug-likeness (QED) is 0.854. The van der Waals surface area contributed by atoms with Crippen LogP contribution in [0.2, 0.25) is 0 Å². The molecule has 2 rings (SSSR count). The Morgan fingerprint density at radius 3 is 2.88 bits per heavy atom. The highest BCUT2D eigenvalue weighted by Gasteiger charge is 2.06. The fraction of sp³-hybridized carbons (Fsp3) is 0. The highest BCUT2D eigenvalue weighted by atomic mass is 127. The monoisotopic (exact) mass is 340 g/mol. The minimum absolute atomic E-state index is 0.278. The van der Waals surface area contributed by atoms with Crippen LogP contribution in [0.5, 0.6) is 0 Å². The number of halogens is 2. The first-order valence-electron chi connectivity index (χ1n) is 4.63. The maximum atomic E-state index is 13.6. The molecule has 0 radical (unpaired) electrons. The summed E-state index contributed by atoms with van der Waals surface area (Å²) in [6.45, 7) is 0. The summed E-state index contributed by atoms with van der Waals surface area (Å²) in [4.78, 5) is 7.84. The average Bonchev–Trinajstić information content (AvgIpc) is 2.34. The van der Waals surface area contributed by atoms with E-state index < -0.39 is 5.82 Å². The van der Waals surface area contributed by atoms with E-state index in [4.69, 9.17) is 5.26 Å². The molecule has 4 nitrogen and oxygen atoms in total. The molecule has 0 saturated heterocycles. The summed E-state index contributed by atoms with van der Waals surface area (Å²) < 4.78 is 14.4. The van der Waals surface area contributed by atoms with Gasteiger partial charge in [0.05, 0.1) is 20.9 Å². The minimum Gasteiger partial charge on any atom is -0.337 e. The topological polar surface area (TPSA) is 61.6 Å². The lowest BCUT2D eigenvalue weighted by Gasteiger charge is -2.07. The zero-order valence-corrected chi connectivity index (χ0v) is 10.6. The largest absolute Gasteiger partial charge is 0.337 e. The van der Waals surface area contributed by atoms with Crippen LogP contribution in [-0.4, -0.2) is 9.97 Å². The van der Waals surface area contributed by atoms with Gasteiger partial charge < -0.3 is 5.32 Å². The maximum absolute atomic E-state index is 13.6. The number of anilines is 2. The second-order valence-corrected chi connectivity index (χ2v) is 4.31. The maximum Gasteiger partial charge on any atom is 0.147 e. The summed E-state index contributed by atoms with van der Waals surface area (Å²) in [5.41, 5.74) is 0.561. The Kier molecular flexibility index (Phi) is 3.49. The zero-order valence-electron chi connectivity index (χ0n) is 8.48. The molecule has 0 spiro atoms. The van der Waals surface area contributed by atoms with Crippen molar-refractivity contribution in [1.82, 2.24) is 9.97 Å². The molecule has 84 valence electrons. The van der Waals surface area contributed by atoms with Crippen molar-refractivity contribution in [2.45, 2.75) is 0 Å². The number of nitriles is 1. The van der Waals surface area contributed by atoms with Gasteiger partial charge in [-0.05, 0) is 40.8 Å². The molecule has 1 heterocycles. The summed E-state index contributed by atoms with van der Waals surface area (Å²) in [5, 5.41) is 11.5. The molecule has 0 aliphatic heterocycles. The van der Waals surface area contributed by atoms with Crippen molar-refractivity contribution >= 4 is 34.1 Å². The SMILES string of the molecule is N#Cc1ccc(Nc2ncncc2I)c(F)c1. The number of rotatable bonds is 2. The van der Waals surface area contributed by atoms with Crippen molar-refractivity contribution < 1.29 is 4.39 Å². The lowest BCUT2D eigenvalue weighted by atomic mass is 10.2. The van der Waals surface area contributed by atoms with Gasteiger partial charge >= 0.3 is 0 Å². The summed E-state index contributed by atoms with van der Waals surface area (Å²) in [7, 11) is 0. The van der Waals surface area contributed by atoms with Gasteiger partial charge in [0.2, 0.25) is 0 Å². The molecule has 17 heavy (non-hydrogen) atoms. The van der Waals surface area contributed by atoms with Crippen LogP contribution in [0.4, 0.5) is 15.9 Å². The van der Waals surface area contributed by atoms with Gasteiger partial charge in [0, 0.05) is 6.20 Å². The van der Waals surface area contributed by atoms with E-state index in [-0.39, 0.29) is 11.3 Å². The molecule has 1 N–H and O–H groups in total. The fourth-order valence-corrected chi connectivity index (χ4v) is 1.65. The molecule has 1 aromatic heterocycles. The third-order valence-electron chi connectivity index (χ3n) is 2.02. The van der Waals surface area contributed by atoms with Crippen molar-refractivity contribution in [3.05, 3.63) is 45.7 Å². The van der Waals surface area contributed by atoms with Gasteiger partial charge in [0.25, 0.3) is 0 Å². The molecule has 0 bridgehead atoms. The molecule has 0 amide bonds. The van der Waals surface area contributed by atoms with E-state index >= 15 is 0 Å². The van der Waals surface area contributed by atoms with Crippen molar-refractivity contribution in [2.75, 3.05) is 5.32 Å². The summed E-state index contributed by atoms with van der Waals surface area (Å²) in [6.07, 6.45) is 3.00. The van der Waals surface area contributed by atoms with Crippen LogP contribution in [0, 0.1) is 20.7 Å². The molecule has 0 unspecified atom stereocenters. The molecule has 1 aromatic carbocycles. The van der Waals surface area contributed by atoms with Crippen LogP contribution >= 0.6 is 22.6 Å². The van der Waals surface area contributed by atoms with E-state index in [9.17, 15) is 4.39 Å². The predicted octanol–water partition coefficient (Wildman–Crippen LogP) is 2.84. The Labute approximate surface area is 111 Å². The lowest BCUT2D eigenvalue weighted by Crippen LogP contribution is -1.99. The first-order chi connectivity index (χ1) is 8.20. The zero-order chi connectivity index (χ0) is 12.3. The number of hydrogen-bond acceptors (Lipinski definition) is 4. The van der Waals surface area contributed by atoms with Gasteiger partial charge in [-0.3, -0.25) is 0 Å². The average molecular weight is 340 g/mol. The van der Waals surface area contributed by atoms with Crippen molar-refractivity contribution in [1.29, 1.82) is 5.26 Å². The van der Waals surface area contributed by atoms with Crippen LogP contribution in [-0.2, 0) is 0 Å². The Hall–Kier alpha value is -1.75. The van der Waals surface area contributed by atoms with Crippen molar-refractivity contribution in [3.8, 4) is 6.07 Å². The third-order valence-corrected chi connectivity index (χ3v) is 2.81. The van der Waals surface area contributed by atoms with Crippen LogP contribution in [0.25, 0.3) is 0 Å². The Morgan fingerprint density at radius 1 is 1.41 bits per heavy atom. The number of nitrogens with one attached hydrogen (secondary N) is 1. The Morgan fingerprint density at radius 2 is 2.24 bits per heavy atom. The molecular formula is C11H6FIN4. The fourth-order valence-electron chi connectivity index (χ4n) is 1.22. The lowest BCUT2D eigenvalue weighted by molar-refractivity contribution is 0.631. The van der Waals surface area contributed by atoms with Crippen molar-refractivity contribution in [2.24, 2.45) is 0 Å². The molecule has 0 atom stereocenters. The highest BCUT2D eigenvalue weighted by Crippen LogP contribution is 2.22. The van der Waals surface area contributed by atoms with E-state index in [1.807, 2.05) is 6.07 Å². The first kappa shape index (κ1) is 11.7. The van der Waals surface area contributed by atoms with Gasteiger partial charge in [0.15, 0.2) is 0 Å². The summed E-state index contributed by atoms with van der Waals surface area (Å²) in [5.74, 6) is 0.0441. The van der Waals surface area contributed by atoms with E-state index in [1.165, 1.54) is 18.5 Å². The molecular weight excluding hydrogens is 334 g/mol. The first-order valence-corrected chi connectivity index (χ1v) is 5.71. The predicted molar refractivity (Wildman–Crippen MR) is 69.1 cm³/mol. The third kappa shape index (κ3) is 2.68. The molecule has 0 aliphatic carbocycles. The number of benzene rings is 1. The standard InChI is InChI=1S/C11H6FIN4/c12-8-3-7(4-14)1-2-10(8)17-11-9(13)5-15-6-16-11/h1-3,5-6H,(H,15,16,17). The van der Waals surface area contributed by atoms with E-state index in [1.54, 1.807) is 12.3 Å². The molecule has 6 heteroatoms. The van der Waals surface area contributed by atoms with Crippen LogP contribution in [0.1, 0.15) is 5.56 Å². The second kappa shape index (κ2) is 5.05. The Bertz CT molecular complexity index is 594. The number of nitrogens with zero attached hydrogens (tertiary/aromatic N) is 3. The summed E-state index contributed by atoms with van der Waals surface area (Å²) in [6, 6.07) is 6.10. The Balaban J connectivity index is 2.32. The number of aromatic nitrogens is 2. The molecule has 0 aliphatic rings. The minimum atomic E-state index is -0.488. The van der Waals surface area contributed by atoms with Gasteiger partial charge in [-0.15, -0.1) is 0 Å². The normalized spacial score (nSPS) is 9.71. The smallest absolute Gasteiger partial charge is 0.147 e. The summed E-state index contributed by atoms with van der Waals surface area (Å²) >= 11 is 2.05. The van der Waals surface area contributed by atoms with Crippen LogP contribution < -0.4 is 5.32 Å². The molecule has 2 aromatic rings.